The number of hydrogen-bond acceptors (Lipinski definition) is 2. The second kappa shape index (κ2) is 5.38. The molecule has 22 heavy (non-hydrogen) atoms. The number of nitrogens with zero attached hydrogens (tertiary/aromatic N) is 1. The van der Waals surface area contributed by atoms with Crippen LogP contribution in [0.1, 0.15) is 57.2 Å². The number of fused-ring (bicyclic) bond motifs is 3. The Kier molecular flexibility index (Phi) is 3.48. The van der Waals surface area contributed by atoms with Crippen LogP contribution in [0.15, 0.2) is 30.3 Å². The first-order valence-electron chi connectivity index (χ1n) is 8.71. The highest BCUT2D eigenvalue weighted by Gasteiger charge is 2.61. The van der Waals surface area contributed by atoms with Gasteiger partial charge in [0.15, 0.2) is 6.23 Å². The Morgan fingerprint density at radius 2 is 1.82 bits per heavy atom. The first-order valence-corrected chi connectivity index (χ1v) is 8.71. The molecule has 3 nitrogen and oxygen atoms in total. The number of benzene rings is 1. The second-order valence-electron chi connectivity index (χ2n) is 7.34. The SMILES string of the molecule is C[C@@]12CO[C@@H](c3ccccc3)N1C(=O)[C@@H]1CCCCCCC12. The highest BCUT2D eigenvalue weighted by Crippen LogP contribution is 2.53. The van der Waals surface area contributed by atoms with E-state index in [-0.39, 0.29) is 17.7 Å². The second-order valence-corrected chi connectivity index (χ2v) is 7.34. The summed E-state index contributed by atoms with van der Waals surface area (Å²) in [5.74, 6) is 1.02. The molecule has 2 heterocycles. The molecular weight excluding hydrogens is 274 g/mol. The maximum Gasteiger partial charge on any atom is 0.228 e. The molecule has 118 valence electrons. The van der Waals surface area contributed by atoms with E-state index in [1.807, 2.05) is 18.2 Å². The summed E-state index contributed by atoms with van der Waals surface area (Å²) >= 11 is 0. The fourth-order valence-electron chi connectivity index (χ4n) is 4.88. The van der Waals surface area contributed by atoms with E-state index in [0.717, 1.165) is 12.0 Å². The van der Waals surface area contributed by atoms with Crippen molar-refractivity contribution >= 4 is 5.91 Å². The topological polar surface area (TPSA) is 29.5 Å². The van der Waals surface area contributed by atoms with E-state index in [4.69, 9.17) is 4.74 Å². The lowest BCUT2D eigenvalue weighted by Gasteiger charge is -2.34. The highest BCUT2D eigenvalue weighted by atomic mass is 16.5. The van der Waals surface area contributed by atoms with Crippen molar-refractivity contribution in [2.45, 2.75) is 57.2 Å². The van der Waals surface area contributed by atoms with Crippen molar-refractivity contribution in [3.05, 3.63) is 35.9 Å². The maximum absolute atomic E-state index is 13.1. The average molecular weight is 299 g/mol. The van der Waals surface area contributed by atoms with Crippen LogP contribution in [-0.2, 0) is 9.53 Å². The smallest absolute Gasteiger partial charge is 0.228 e. The molecule has 2 saturated heterocycles. The molecule has 1 saturated carbocycles. The predicted octanol–water partition coefficient (Wildman–Crippen LogP) is 3.90. The predicted molar refractivity (Wildman–Crippen MR) is 85.1 cm³/mol. The number of carbonyl (C=O) groups excluding carboxylic acids is 1. The number of carbonyl (C=O) groups is 1. The van der Waals surface area contributed by atoms with E-state index in [2.05, 4.69) is 24.0 Å². The van der Waals surface area contributed by atoms with E-state index >= 15 is 0 Å². The minimum Gasteiger partial charge on any atom is -0.351 e. The normalized spacial score (nSPS) is 38.3. The van der Waals surface area contributed by atoms with Gasteiger partial charge in [0.25, 0.3) is 0 Å². The number of hydrogen-bond donors (Lipinski definition) is 0. The van der Waals surface area contributed by atoms with Crippen molar-refractivity contribution in [1.82, 2.24) is 4.90 Å². The molecule has 0 spiro atoms. The van der Waals surface area contributed by atoms with Gasteiger partial charge in [0.1, 0.15) is 0 Å². The fourth-order valence-corrected chi connectivity index (χ4v) is 4.88. The molecular formula is C19H25NO2. The largest absolute Gasteiger partial charge is 0.351 e. The minimum absolute atomic E-state index is 0.112. The minimum atomic E-state index is -0.188. The number of rotatable bonds is 1. The van der Waals surface area contributed by atoms with Crippen LogP contribution in [0.25, 0.3) is 0 Å². The van der Waals surface area contributed by atoms with Gasteiger partial charge in [-0.25, -0.2) is 0 Å². The molecule has 1 aromatic rings. The van der Waals surface area contributed by atoms with Crippen LogP contribution in [-0.4, -0.2) is 23.0 Å². The molecule has 4 rings (SSSR count). The summed E-state index contributed by atoms with van der Waals surface area (Å²) in [6, 6.07) is 10.2. The van der Waals surface area contributed by atoms with Gasteiger partial charge in [0, 0.05) is 11.5 Å². The molecule has 1 aliphatic carbocycles. The van der Waals surface area contributed by atoms with Gasteiger partial charge in [0.05, 0.1) is 12.1 Å². The van der Waals surface area contributed by atoms with Crippen molar-refractivity contribution in [3.8, 4) is 0 Å². The van der Waals surface area contributed by atoms with E-state index in [1.165, 1.54) is 32.1 Å². The zero-order valence-corrected chi connectivity index (χ0v) is 13.3. The Morgan fingerprint density at radius 3 is 2.59 bits per heavy atom. The lowest BCUT2D eigenvalue weighted by atomic mass is 9.75. The van der Waals surface area contributed by atoms with Crippen LogP contribution in [0.3, 0.4) is 0 Å². The third-order valence-corrected chi connectivity index (χ3v) is 6.02. The summed E-state index contributed by atoms with van der Waals surface area (Å²) in [4.78, 5) is 15.2. The Hall–Kier alpha value is -1.35. The van der Waals surface area contributed by atoms with Crippen LogP contribution in [0.4, 0.5) is 0 Å². The summed E-state index contributed by atoms with van der Waals surface area (Å²) < 4.78 is 6.11. The summed E-state index contributed by atoms with van der Waals surface area (Å²) in [5.41, 5.74) is 0.994. The summed E-state index contributed by atoms with van der Waals surface area (Å²) in [6.07, 6.45) is 7.11. The molecule has 0 bridgehead atoms. The Bertz CT molecular complexity index is 558. The average Bonchev–Trinajstić information content (AvgIpc) is 2.94. The number of amides is 1. The lowest BCUT2D eigenvalue weighted by molar-refractivity contribution is -0.138. The molecule has 1 amide bonds. The quantitative estimate of drug-likeness (QED) is 0.787. The lowest BCUT2D eigenvalue weighted by Crippen LogP contribution is -2.44. The van der Waals surface area contributed by atoms with Gasteiger partial charge in [-0.2, -0.15) is 0 Å². The molecule has 3 aliphatic rings. The van der Waals surface area contributed by atoms with Gasteiger partial charge < -0.3 is 9.64 Å². The van der Waals surface area contributed by atoms with Crippen LogP contribution in [0, 0.1) is 11.8 Å². The van der Waals surface area contributed by atoms with E-state index < -0.39 is 0 Å². The zero-order chi connectivity index (χ0) is 15.2. The van der Waals surface area contributed by atoms with Gasteiger partial charge in [-0.15, -0.1) is 0 Å². The molecule has 4 atom stereocenters. The maximum atomic E-state index is 13.1. The van der Waals surface area contributed by atoms with E-state index in [9.17, 15) is 4.79 Å². The third-order valence-electron chi connectivity index (χ3n) is 6.02. The van der Waals surface area contributed by atoms with Crippen molar-refractivity contribution in [2.24, 2.45) is 11.8 Å². The van der Waals surface area contributed by atoms with Gasteiger partial charge in [-0.1, -0.05) is 56.0 Å². The van der Waals surface area contributed by atoms with E-state index in [1.54, 1.807) is 0 Å². The third kappa shape index (κ3) is 2.02. The summed E-state index contributed by atoms with van der Waals surface area (Å²) in [7, 11) is 0. The highest BCUT2D eigenvalue weighted by molar-refractivity contribution is 5.83. The Balaban J connectivity index is 1.69. The van der Waals surface area contributed by atoms with Crippen LogP contribution in [0.2, 0.25) is 0 Å². The van der Waals surface area contributed by atoms with Gasteiger partial charge in [-0.05, 0) is 25.7 Å². The molecule has 1 unspecified atom stereocenters. The molecule has 1 aromatic carbocycles. The van der Waals surface area contributed by atoms with Crippen molar-refractivity contribution in [2.75, 3.05) is 6.61 Å². The molecule has 0 aromatic heterocycles. The van der Waals surface area contributed by atoms with Crippen LogP contribution >= 0.6 is 0 Å². The first kappa shape index (κ1) is 14.3. The Labute approximate surface area is 132 Å². The van der Waals surface area contributed by atoms with Gasteiger partial charge in [0.2, 0.25) is 5.91 Å². The monoisotopic (exact) mass is 299 g/mol. The van der Waals surface area contributed by atoms with Crippen molar-refractivity contribution in [1.29, 1.82) is 0 Å². The molecule has 2 aliphatic heterocycles. The Morgan fingerprint density at radius 1 is 1.09 bits per heavy atom. The van der Waals surface area contributed by atoms with Crippen molar-refractivity contribution in [3.63, 3.8) is 0 Å². The first-order chi connectivity index (χ1) is 10.7. The summed E-state index contributed by atoms with van der Waals surface area (Å²) in [6.45, 7) is 2.93. The fraction of sp³-hybridized carbons (Fsp3) is 0.632. The van der Waals surface area contributed by atoms with Gasteiger partial charge >= 0.3 is 0 Å². The number of ether oxygens (including phenoxy) is 1. The zero-order valence-electron chi connectivity index (χ0n) is 13.3. The molecule has 3 fully saturated rings. The van der Waals surface area contributed by atoms with Crippen LogP contribution < -0.4 is 0 Å². The molecule has 0 radical (unpaired) electrons. The van der Waals surface area contributed by atoms with Gasteiger partial charge in [-0.3, -0.25) is 4.79 Å². The van der Waals surface area contributed by atoms with Crippen molar-refractivity contribution < 1.29 is 9.53 Å². The molecule has 0 N–H and O–H groups in total. The summed E-state index contributed by atoms with van der Waals surface area (Å²) in [5, 5.41) is 0. The standard InChI is InChI=1S/C19H25NO2/c1-19-13-22-18(14-9-5-4-6-10-14)20(19)17(21)15-11-7-2-3-8-12-16(15)19/h4-6,9-10,15-16,18H,2-3,7-8,11-13H2,1H3/t15-,16?,18+,19+/m1/s1. The van der Waals surface area contributed by atoms with E-state index in [0.29, 0.717) is 18.4 Å². The molecule has 3 heteroatoms. The van der Waals surface area contributed by atoms with Crippen LogP contribution in [0.5, 0.6) is 0 Å².